The minimum absolute atomic E-state index is 0.00101. The Kier molecular flexibility index (Phi) is 4.33. The Morgan fingerprint density at radius 3 is 2.78 bits per heavy atom. The first-order valence-electron chi connectivity index (χ1n) is 6.17. The van der Waals surface area contributed by atoms with E-state index in [0.29, 0.717) is 19.8 Å². The fourth-order valence-electron chi connectivity index (χ4n) is 2.15. The Bertz CT molecular complexity index is 393. The van der Waals surface area contributed by atoms with E-state index in [9.17, 15) is 4.79 Å². The van der Waals surface area contributed by atoms with E-state index in [4.69, 9.17) is 9.47 Å². The number of benzene rings is 1. The normalized spacial score (nSPS) is 24.3. The molecule has 2 atom stereocenters. The molecule has 1 aromatic carbocycles. The highest BCUT2D eigenvalue weighted by atomic mass is 16.5. The molecule has 0 radical (unpaired) electrons. The predicted octanol–water partition coefficient (Wildman–Crippen LogP) is 1.45. The number of methoxy groups -OCH3 is 1. The number of morpholine rings is 1. The Balaban J connectivity index is 2.11. The van der Waals surface area contributed by atoms with Gasteiger partial charge in [0.15, 0.2) is 0 Å². The Morgan fingerprint density at radius 2 is 2.11 bits per heavy atom. The van der Waals surface area contributed by atoms with Crippen LogP contribution in [0, 0.1) is 0 Å². The maximum Gasteiger partial charge on any atom is 0.252 e. The summed E-state index contributed by atoms with van der Waals surface area (Å²) >= 11 is 0. The second-order valence-corrected chi connectivity index (χ2v) is 4.54. The van der Waals surface area contributed by atoms with Gasteiger partial charge in [-0.3, -0.25) is 4.79 Å². The van der Waals surface area contributed by atoms with Crippen LogP contribution in [0.2, 0.25) is 0 Å². The smallest absolute Gasteiger partial charge is 0.252 e. The Morgan fingerprint density at radius 1 is 1.39 bits per heavy atom. The molecule has 0 aliphatic carbocycles. The van der Waals surface area contributed by atoms with Crippen molar-refractivity contribution in [2.24, 2.45) is 0 Å². The SMILES string of the molecule is COCC1COC(C)C(=O)N1Cc1ccccc1. The van der Waals surface area contributed by atoms with E-state index >= 15 is 0 Å². The summed E-state index contributed by atoms with van der Waals surface area (Å²) in [7, 11) is 1.64. The summed E-state index contributed by atoms with van der Waals surface area (Å²) in [4.78, 5) is 14.0. The molecule has 1 saturated heterocycles. The average molecular weight is 249 g/mol. The lowest BCUT2D eigenvalue weighted by molar-refractivity contribution is -0.161. The summed E-state index contributed by atoms with van der Waals surface area (Å²) in [6.07, 6.45) is -0.359. The molecule has 0 saturated carbocycles. The second kappa shape index (κ2) is 5.98. The highest BCUT2D eigenvalue weighted by Gasteiger charge is 2.33. The second-order valence-electron chi connectivity index (χ2n) is 4.54. The monoisotopic (exact) mass is 249 g/mol. The van der Waals surface area contributed by atoms with Crippen LogP contribution in [0.1, 0.15) is 12.5 Å². The quantitative estimate of drug-likeness (QED) is 0.810. The summed E-state index contributed by atoms with van der Waals surface area (Å²) in [6, 6.07) is 9.98. The van der Waals surface area contributed by atoms with Crippen molar-refractivity contribution in [2.45, 2.75) is 25.6 Å². The van der Waals surface area contributed by atoms with Crippen LogP contribution < -0.4 is 0 Å². The maximum atomic E-state index is 12.2. The van der Waals surface area contributed by atoms with Crippen LogP contribution in [0.4, 0.5) is 0 Å². The first-order valence-corrected chi connectivity index (χ1v) is 6.17. The lowest BCUT2D eigenvalue weighted by atomic mass is 10.1. The van der Waals surface area contributed by atoms with Gasteiger partial charge in [-0.15, -0.1) is 0 Å². The number of nitrogens with zero attached hydrogens (tertiary/aromatic N) is 1. The highest BCUT2D eigenvalue weighted by Crippen LogP contribution is 2.17. The lowest BCUT2D eigenvalue weighted by Gasteiger charge is -2.38. The molecule has 98 valence electrons. The number of carbonyl (C=O) groups excluding carboxylic acids is 1. The van der Waals surface area contributed by atoms with Gasteiger partial charge in [0.1, 0.15) is 6.10 Å². The molecule has 1 fully saturated rings. The van der Waals surface area contributed by atoms with Crippen LogP contribution in [0.5, 0.6) is 0 Å². The number of ether oxygens (including phenoxy) is 2. The van der Waals surface area contributed by atoms with E-state index in [2.05, 4.69) is 0 Å². The minimum Gasteiger partial charge on any atom is -0.382 e. The van der Waals surface area contributed by atoms with Crippen LogP contribution in [0.15, 0.2) is 30.3 Å². The van der Waals surface area contributed by atoms with Crippen LogP contribution in [-0.2, 0) is 20.8 Å². The summed E-state index contributed by atoms with van der Waals surface area (Å²) in [5.74, 6) is 0.0344. The molecule has 1 amide bonds. The molecule has 1 heterocycles. The molecule has 1 aliphatic heterocycles. The van der Waals surface area contributed by atoms with Crippen LogP contribution in [0.3, 0.4) is 0 Å². The van der Waals surface area contributed by atoms with Gasteiger partial charge >= 0.3 is 0 Å². The fraction of sp³-hybridized carbons (Fsp3) is 0.500. The van der Waals surface area contributed by atoms with Crippen molar-refractivity contribution in [3.63, 3.8) is 0 Å². The Hall–Kier alpha value is -1.39. The van der Waals surface area contributed by atoms with Crippen LogP contribution in [0.25, 0.3) is 0 Å². The fourth-order valence-corrected chi connectivity index (χ4v) is 2.15. The molecule has 1 aliphatic rings. The number of rotatable bonds is 4. The van der Waals surface area contributed by atoms with Gasteiger partial charge in [-0.05, 0) is 12.5 Å². The van der Waals surface area contributed by atoms with Crippen molar-refractivity contribution in [1.29, 1.82) is 0 Å². The Labute approximate surface area is 107 Å². The van der Waals surface area contributed by atoms with E-state index in [0.717, 1.165) is 5.56 Å². The summed E-state index contributed by atoms with van der Waals surface area (Å²) < 4.78 is 10.6. The van der Waals surface area contributed by atoms with Gasteiger partial charge in [0.05, 0.1) is 19.3 Å². The molecule has 4 nitrogen and oxygen atoms in total. The molecule has 0 aromatic heterocycles. The zero-order valence-electron chi connectivity index (χ0n) is 10.8. The predicted molar refractivity (Wildman–Crippen MR) is 68.1 cm³/mol. The van der Waals surface area contributed by atoms with E-state index in [1.54, 1.807) is 14.0 Å². The van der Waals surface area contributed by atoms with Gasteiger partial charge in [0.2, 0.25) is 0 Å². The topological polar surface area (TPSA) is 38.8 Å². The molecular formula is C14H19NO3. The zero-order valence-corrected chi connectivity index (χ0v) is 10.8. The summed E-state index contributed by atoms with van der Waals surface area (Å²) in [5.41, 5.74) is 1.13. The molecule has 4 heteroatoms. The van der Waals surface area contributed by atoms with Gasteiger partial charge in [-0.2, -0.15) is 0 Å². The van der Waals surface area contributed by atoms with Crippen molar-refractivity contribution in [2.75, 3.05) is 20.3 Å². The molecule has 2 rings (SSSR count). The van der Waals surface area contributed by atoms with E-state index in [1.165, 1.54) is 0 Å². The van der Waals surface area contributed by atoms with Gasteiger partial charge < -0.3 is 14.4 Å². The van der Waals surface area contributed by atoms with Crippen molar-refractivity contribution >= 4 is 5.91 Å². The molecule has 18 heavy (non-hydrogen) atoms. The largest absolute Gasteiger partial charge is 0.382 e. The minimum atomic E-state index is -0.359. The van der Waals surface area contributed by atoms with E-state index < -0.39 is 0 Å². The number of amides is 1. The summed E-state index contributed by atoms with van der Waals surface area (Å²) in [6.45, 7) is 3.45. The van der Waals surface area contributed by atoms with Crippen molar-refractivity contribution in [3.8, 4) is 0 Å². The third-order valence-electron chi connectivity index (χ3n) is 3.17. The molecule has 1 aromatic rings. The van der Waals surface area contributed by atoms with Crippen molar-refractivity contribution < 1.29 is 14.3 Å². The molecule has 0 N–H and O–H groups in total. The van der Waals surface area contributed by atoms with Crippen LogP contribution >= 0.6 is 0 Å². The number of hydrogen-bond donors (Lipinski definition) is 0. The maximum absolute atomic E-state index is 12.2. The molecular weight excluding hydrogens is 230 g/mol. The van der Waals surface area contributed by atoms with Crippen molar-refractivity contribution in [3.05, 3.63) is 35.9 Å². The van der Waals surface area contributed by atoms with Gasteiger partial charge in [-0.25, -0.2) is 0 Å². The summed E-state index contributed by atoms with van der Waals surface area (Å²) in [5, 5.41) is 0. The van der Waals surface area contributed by atoms with E-state index in [1.807, 2.05) is 35.2 Å². The molecule has 0 bridgehead atoms. The van der Waals surface area contributed by atoms with Gasteiger partial charge in [-0.1, -0.05) is 30.3 Å². The van der Waals surface area contributed by atoms with Crippen LogP contribution in [-0.4, -0.2) is 43.3 Å². The standard InChI is InChI=1S/C14H19NO3/c1-11-14(16)15(13(9-17-2)10-18-11)8-12-6-4-3-5-7-12/h3-7,11,13H,8-10H2,1-2H3. The first kappa shape index (κ1) is 13.1. The van der Waals surface area contributed by atoms with Gasteiger partial charge in [0.25, 0.3) is 5.91 Å². The molecule has 0 spiro atoms. The third-order valence-corrected chi connectivity index (χ3v) is 3.17. The molecule has 2 unspecified atom stereocenters. The third kappa shape index (κ3) is 2.89. The van der Waals surface area contributed by atoms with Gasteiger partial charge in [0, 0.05) is 13.7 Å². The lowest BCUT2D eigenvalue weighted by Crippen LogP contribution is -2.54. The van der Waals surface area contributed by atoms with Crippen molar-refractivity contribution in [1.82, 2.24) is 4.90 Å². The number of hydrogen-bond acceptors (Lipinski definition) is 3. The first-order chi connectivity index (χ1) is 8.72. The highest BCUT2D eigenvalue weighted by molar-refractivity contribution is 5.81. The average Bonchev–Trinajstić information content (AvgIpc) is 2.40. The number of carbonyl (C=O) groups is 1. The van der Waals surface area contributed by atoms with E-state index in [-0.39, 0.29) is 18.1 Å². The zero-order chi connectivity index (χ0) is 13.0.